The Balaban J connectivity index is 2.29. The lowest BCUT2D eigenvalue weighted by atomic mass is 9.86. The van der Waals surface area contributed by atoms with E-state index in [0.717, 1.165) is 25.1 Å². The number of carbonyl (C=O) groups is 2. The SMILES string of the molecule is CC(=O)c1cc2c(cc1OS(=O)(=O)C(F)(F)F)CC(C(C)C)n1cc(C(=O)O)c(=O)cc1-2. The lowest BCUT2D eigenvalue weighted by Gasteiger charge is -2.33. The quantitative estimate of drug-likeness (QED) is 0.402. The molecule has 0 saturated heterocycles. The van der Waals surface area contributed by atoms with Gasteiger partial charge in [0.2, 0.25) is 0 Å². The molecule has 8 nitrogen and oxygen atoms in total. The number of carboxylic acid groups (broad SMARTS) is 1. The summed E-state index contributed by atoms with van der Waals surface area (Å²) in [6.45, 7) is 4.68. The van der Waals surface area contributed by atoms with E-state index in [1.165, 1.54) is 6.20 Å². The highest BCUT2D eigenvalue weighted by atomic mass is 32.2. The van der Waals surface area contributed by atoms with Gasteiger partial charge in [-0.2, -0.15) is 21.6 Å². The van der Waals surface area contributed by atoms with Gasteiger partial charge in [-0.1, -0.05) is 13.8 Å². The zero-order valence-corrected chi connectivity index (χ0v) is 17.9. The molecule has 0 fully saturated rings. The van der Waals surface area contributed by atoms with E-state index in [0.29, 0.717) is 5.56 Å². The third-order valence-electron chi connectivity index (χ3n) is 5.21. The van der Waals surface area contributed by atoms with E-state index in [-0.39, 0.29) is 23.6 Å². The Labute approximate surface area is 180 Å². The molecule has 2 aromatic rings. The summed E-state index contributed by atoms with van der Waals surface area (Å²) in [5, 5.41) is 9.29. The molecule has 172 valence electrons. The van der Waals surface area contributed by atoms with Crippen LogP contribution in [0, 0.1) is 5.92 Å². The van der Waals surface area contributed by atoms with Crippen LogP contribution in [0.1, 0.15) is 53.1 Å². The van der Waals surface area contributed by atoms with Crippen molar-refractivity contribution in [3.8, 4) is 17.0 Å². The Morgan fingerprint density at radius 1 is 1.19 bits per heavy atom. The molecule has 0 bridgehead atoms. The van der Waals surface area contributed by atoms with Gasteiger partial charge in [0.25, 0.3) is 0 Å². The van der Waals surface area contributed by atoms with E-state index in [9.17, 15) is 41.1 Å². The number of alkyl halides is 3. The van der Waals surface area contributed by atoms with Crippen molar-refractivity contribution in [3.05, 3.63) is 51.3 Å². The summed E-state index contributed by atoms with van der Waals surface area (Å²) in [6.07, 6.45) is 1.36. The minimum Gasteiger partial charge on any atom is -0.477 e. The number of nitrogens with zero attached hydrogens (tertiary/aromatic N) is 1. The predicted octanol–water partition coefficient (Wildman–Crippen LogP) is 3.40. The van der Waals surface area contributed by atoms with Crippen molar-refractivity contribution in [2.45, 2.75) is 38.7 Å². The molecule has 0 aliphatic carbocycles. The van der Waals surface area contributed by atoms with E-state index >= 15 is 0 Å². The standard InChI is InChI=1S/C20H18F3NO7S/c1-9(2)15-4-11-5-18(31-32(29,30)20(21,22)23)12(10(3)25)6-13(11)16-7-17(26)14(19(27)28)8-24(15)16/h5-9,15H,4H2,1-3H3,(H,27,28). The first-order valence-corrected chi connectivity index (χ1v) is 10.7. The average Bonchev–Trinajstić information content (AvgIpc) is 2.64. The molecule has 0 radical (unpaired) electrons. The smallest absolute Gasteiger partial charge is 0.477 e. The van der Waals surface area contributed by atoms with Gasteiger partial charge in [-0.3, -0.25) is 9.59 Å². The van der Waals surface area contributed by atoms with E-state index in [1.807, 2.05) is 13.8 Å². The highest BCUT2D eigenvalue weighted by molar-refractivity contribution is 7.88. The molecule has 2 heterocycles. The highest BCUT2D eigenvalue weighted by Gasteiger charge is 2.49. The number of pyridine rings is 1. The predicted molar refractivity (Wildman–Crippen MR) is 106 cm³/mol. The largest absolute Gasteiger partial charge is 0.534 e. The lowest BCUT2D eigenvalue weighted by Crippen LogP contribution is -2.30. The van der Waals surface area contributed by atoms with E-state index in [4.69, 9.17) is 0 Å². The molecule has 1 unspecified atom stereocenters. The Kier molecular flexibility index (Phi) is 5.71. The van der Waals surface area contributed by atoms with Crippen LogP contribution in [-0.2, 0) is 16.5 Å². The van der Waals surface area contributed by atoms with Crippen LogP contribution in [0.5, 0.6) is 5.75 Å². The second-order valence-corrected chi connectivity index (χ2v) is 9.25. The number of carboxylic acids is 1. The minimum absolute atomic E-state index is 0.0955. The molecule has 1 aromatic heterocycles. The lowest BCUT2D eigenvalue weighted by molar-refractivity contribution is -0.0500. The van der Waals surface area contributed by atoms with Crippen LogP contribution < -0.4 is 9.61 Å². The number of hydrogen-bond acceptors (Lipinski definition) is 6. The molecule has 1 N–H and O–H groups in total. The number of benzene rings is 1. The first-order chi connectivity index (χ1) is 14.6. The summed E-state index contributed by atoms with van der Waals surface area (Å²) in [5.74, 6) is -3.04. The van der Waals surface area contributed by atoms with Crippen molar-refractivity contribution in [2.75, 3.05) is 0 Å². The molecule has 1 aliphatic rings. The monoisotopic (exact) mass is 473 g/mol. The van der Waals surface area contributed by atoms with Crippen LogP contribution in [0.25, 0.3) is 11.3 Å². The second-order valence-electron chi connectivity index (χ2n) is 7.71. The van der Waals surface area contributed by atoms with E-state index in [1.54, 1.807) is 4.57 Å². The molecule has 1 aromatic carbocycles. The molecule has 0 spiro atoms. The highest BCUT2D eigenvalue weighted by Crippen LogP contribution is 2.41. The van der Waals surface area contributed by atoms with Crippen molar-refractivity contribution in [1.29, 1.82) is 0 Å². The number of ketones is 1. The van der Waals surface area contributed by atoms with Crippen molar-refractivity contribution >= 4 is 21.9 Å². The Bertz CT molecular complexity index is 1290. The van der Waals surface area contributed by atoms with Crippen LogP contribution in [0.4, 0.5) is 13.2 Å². The van der Waals surface area contributed by atoms with Gasteiger partial charge in [-0.25, -0.2) is 4.79 Å². The van der Waals surface area contributed by atoms with Gasteiger partial charge in [0.15, 0.2) is 17.0 Å². The molecule has 32 heavy (non-hydrogen) atoms. The first-order valence-electron chi connectivity index (χ1n) is 9.32. The number of hydrogen-bond donors (Lipinski definition) is 1. The van der Waals surface area contributed by atoms with Crippen LogP contribution >= 0.6 is 0 Å². The molecule has 0 saturated carbocycles. The van der Waals surface area contributed by atoms with Crippen LogP contribution in [0.3, 0.4) is 0 Å². The fourth-order valence-corrected chi connectivity index (χ4v) is 4.09. The Morgan fingerprint density at radius 2 is 1.81 bits per heavy atom. The molecular formula is C20H18F3NO7S. The van der Waals surface area contributed by atoms with Gasteiger partial charge in [0.05, 0.1) is 11.3 Å². The second kappa shape index (κ2) is 7.76. The van der Waals surface area contributed by atoms with Gasteiger partial charge in [0.1, 0.15) is 5.56 Å². The maximum absolute atomic E-state index is 12.8. The Morgan fingerprint density at radius 3 is 2.31 bits per heavy atom. The summed E-state index contributed by atoms with van der Waals surface area (Å²) < 4.78 is 67.3. The molecule has 3 rings (SSSR count). The summed E-state index contributed by atoms with van der Waals surface area (Å²) in [4.78, 5) is 35.8. The van der Waals surface area contributed by atoms with Crippen molar-refractivity contribution in [1.82, 2.24) is 4.57 Å². The summed E-state index contributed by atoms with van der Waals surface area (Å²) in [6, 6.07) is 2.88. The van der Waals surface area contributed by atoms with Crippen molar-refractivity contribution < 1.29 is 40.5 Å². The summed E-state index contributed by atoms with van der Waals surface area (Å²) in [7, 11) is -6.02. The zero-order chi connectivity index (χ0) is 24.2. The fourth-order valence-electron chi connectivity index (χ4n) is 3.62. The Hall–Kier alpha value is -3.15. The number of aromatic carboxylic acids is 1. The number of carbonyl (C=O) groups excluding carboxylic acids is 1. The van der Waals surface area contributed by atoms with Gasteiger partial charge >= 0.3 is 21.6 Å². The van der Waals surface area contributed by atoms with Crippen LogP contribution in [0.2, 0.25) is 0 Å². The topological polar surface area (TPSA) is 120 Å². The number of fused-ring (bicyclic) bond motifs is 3. The summed E-state index contributed by atoms with van der Waals surface area (Å²) >= 11 is 0. The van der Waals surface area contributed by atoms with Crippen LogP contribution in [-0.4, -0.2) is 35.4 Å². The molecule has 1 atom stereocenters. The zero-order valence-electron chi connectivity index (χ0n) is 17.1. The minimum atomic E-state index is -6.02. The molecule has 12 heteroatoms. The van der Waals surface area contributed by atoms with Gasteiger partial charge in [0, 0.05) is 23.9 Å². The average molecular weight is 473 g/mol. The molecular weight excluding hydrogens is 455 g/mol. The fraction of sp³-hybridized carbons (Fsp3) is 0.350. The van der Waals surface area contributed by atoms with Gasteiger partial charge in [-0.05, 0) is 37.0 Å². The van der Waals surface area contributed by atoms with Gasteiger partial charge < -0.3 is 13.9 Å². The van der Waals surface area contributed by atoms with E-state index in [2.05, 4.69) is 4.18 Å². The normalized spacial score (nSPS) is 15.8. The van der Waals surface area contributed by atoms with E-state index < -0.39 is 55.7 Å². The van der Waals surface area contributed by atoms with Crippen molar-refractivity contribution in [3.63, 3.8) is 0 Å². The molecule has 1 aliphatic heterocycles. The summed E-state index contributed by atoms with van der Waals surface area (Å²) in [5.41, 5.74) is -6.46. The van der Waals surface area contributed by atoms with Crippen LogP contribution in [0.15, 0.2) is 29.2 Å². The number of rotatable bonds is 5. The maximum Gasteiger partial charge on any atom is 0.534 e. The number of Topliss-reactive ketones (excluding diaryl/α,β-unsaturated/α-hetero) is 1. The third kappa shape index (κ3) is 4.01. The number of halogens is 3. The maximum atomic E-state index is 12.8. The molecule has 0 amide bonds. The third-order valence-corrected chi connectivity index (χ3v) is 6.18. The number of aromatic nitrogens is 1. The first kappa shape index (κ1) is 23.5. The van der Waals surface area contributed by atoms with Crippen molar-refractivity contribution in [2.24, 2.45) is 5.92 Å². The van der Waals surface area contributed by atoms with Gasteiger partial charge in [-0.15, -0.1) is 0 Å².